The number of rotatable bonds is 7. The highest BCUT2D eigenvalue weighted by Crippen LogP contribution is 2.57. The Balaban J connectivity index is 0.933. The van der Waals surface area contributed by atoms with E-state index in [4.69, 9.17) is 4.42 Å². The number of benzene rings is 10. The number of nitrogens with zero attached hydrogens (tertiary/aromatic N) is 1. The van der Waals surface area contributed by atoms with Gasteiger partial charge in [-0.25, -0.2) is 0 Å². The molecular weight excluding hydrogens is 799 g/mol. The van der Waals surface area contributed by atoms with Crippen molar-refractivity contribution >= 4 is 39.0 Å². The summed E-state index contributed by atoms with van der Waals surface area (Å²) >= 11 is 0. The van der Waals surface area contributed by atoms with E-state index in [1.807, 2.05) is 0 Å². The smallest absolute Gasteiger partial charge is 0.136 e. The van der Waals surface area contributed by atoms with Gasteiger partial charge in [0.15, 0.2) is 0 Å². The van der Waals surface area contributed by atoms with Gasteiger partial charge in [-0.15, -0.1) is 0 Å². The summed E-state index contributed by atoms with van der Waals surface area (Å²) in [5, 5.41) is 2.22. The zero-order valence-electron chi connectivity index (χ0n) is 36.9. The van der Waals surface area contributed by atoms with Crippen LogP contribution in [0, 0.1) is 0 Å². The lowest BCUT2D eigenvalue weighted by molar-refractivity contribution is 0.660. The summed E-state index contributed by atoms with van der Waals surface area (Å²) < 4.78 is 6.76. The van der Waals surface area contributed by atoms with Crippen LogP contribution in [0.4, 0.5) is 17.1 Å². The molecule has 0 unspecified atom stereocenters. The van der Waals surface area contributed by atoms with Crippen LogP contribution in [-0.4, -0.2) is 0 Å². The Hall–Kier alpha value is -8.20. The second kappa shape index (κ2) is 14.7. The Morgan fingerprint density at radius 3 is 1.53 bits per heavy atom. The molecule has 2 heteroatoms. The molecule has 0 radical (unpaired) electrons. The van der Waals surface area contributed by atoms with Crippen molar-refractivity contribution in [2.24, 2.45) is 0 Å². The third-order valence-corrected chi connectivity index (χ3v) is 14.5. The number of anilines is 3. The lowest BCUT2D eigenvalue weighted by Gasteiger charge is -2.33. The van der Waals surface area contributed by atoms with Crippen LogP contribution in [0.15, 0.2) is 241 Å². The lowest BCUT2D eigenvalue weighted by atomic mass is 9.67. The van der Waals surface area contributed by atoms with E-state index < -0.39 is 5.41 Å². The Morgan fingerprint density at radius 1 is 0.318 bits per heavy atom. The Bertz CT molecular complexity index is 3640. The van der Waals surface area contributed by atoms with Crippen LogP contribution < -0.4 is 4.90 Å². The van der Waals surface area contributed by atoms with Gasteiger partial charge in [-0.1, -0.05) is 190 Å². The van der Waals surface area contributed by atoms with Gasteiger partial charge in [0.1, 0.15) is 11.2 Å². The maximum Gasteiger partial charge on any atom is 0.136 e. The van der Waals surface area contributed by atoms with Crippen molar-refractivity contribution in [1.82, 2.24) is 0 Å². The van der Waals surface area contributed by atoms with Gasteiger partial charge in [-0.2, -0.15) is 0 Å². The van der Waals surface area contributed by atoms with Crippen molar-refractivity contribution in [3.05, 3.63) is 270 Å². The summed E-state index contributed by atoms with van der Waals surface area (Å²) in [4.78, 5) is 2.42. The number of furan rings is 1. The predicted molar refractivity (Wildman–Crippen MR) is 274 cm³/mol. The molecule has 2 aliphatic rings. The minimum atomic E-state index is -0.475. The van der Waals surface area contributed by atoms with E-state index in [1.54, 1.807) is 0 Å². The molecule has 0 N–H and O–H groups in total. The van der Waals surface area contributed by atoms with Crippen LogP contribution in [0.1, 0.15) is 47.2 Å². The molecule has 2 nitrogen and oxygen atoms in total. The molecule has 66 heavy (non-hydrogen) atoms. The first-order valence-corrected chi connectivity index (χ1v) is 23.0. The highest BCUT2D eigenvalue weighted by atomic mass is 16.3. The Labute approximate surface area is 385 Å². The molecule has 11 aromatic rings. The molecule has 1 aromatic heterocycles. The van der Waals surface area contributed by atoms with Crippen molar-refractivity contribution in [2.75, 3.05) is 4.90 Å². The predicted octanol–water partition coefficient (Wildman–Crippen LogP) is 17.1. The molecule has 13 rings (SSSR count). The van der Waals surface area contributed by atoms with Crippen LogP contribution in [-0.2, 0) is 10.8 Å². The third-order valence-electron chi connectivity index (χ3n) is 14.5. The van der Waals surface area contributed by atoms with Gasteiger partial charge >= 0.3 is 0 Å². The van der Waals surface area contributed by atoms with Crippen molar-refractivity contribution in [2.45, 2.75) is 24.7 Å². The monoisotopic (exact) mass is 843 g/mol. The zero-order chi connectivity index (χ0) is 44.0. The zero-order valence-corrected chi connectivity index (χ0v) is 36.9. The highest BCUT2D eigenvalue weighted by molar-refractivity contribution is 6.07. The van der Waals surface area contributed by atoms with Crippen LogP contribution in [0.2, 0.25) is 0 Å². The summed E-state index contributed by atoms with van der Waals surface area (Å²) in [6.45, 7) is 4.71. The number of fused-ring (bicyclic) bond motifs is 9. The molecular formula is C64H45NO. The second-order valence-electron chi connectivity index (χ2n) is 18.4. The van der Waals surface area contributed by atoms with Gasteiger partial charge in [-0.05, 0) is 139 Å². The first-order chi connectivity index (χ1) is 32.5. The van der Waals surface area contributed by atoms with Crippen molar-refractivity contribution < 1.29 is 4.42 Å². The summed E-state index contributed by atoms with van der Waals surface area (Å²) in [5.74, 6) is 0. The molecule has 10 aromatic carbocycles. The van der Waals surface area contributed by atoms with Gasteiger partial charge in [0.05, 0.1) is 5.41 Å². The van der Waals surface area contributed by atoms with E-state index in [2.05, 4.69) is 255 Å². The summed E-state index contributed by atoms with van der Waals surface area (Å²) in [5.41, 5.74) is 22.1. The molecule has 0 spiro atoms. The topological polar surface area (TPSA) is 16.4 Å². The quantitative estimate of drug-likeness (QED) is 0.159. The molecule has 0 fully saturated rings. The van der Waals surface area contributed by atoms with Crippen molar-refractivity contribution in [3.63, 3.8) is 0 Å². The molecule has 0 atom stereocenters. The molecule has 1 heterocycles. The van der Waals surface area contributed by atoms with E-state index in [0.717, 1.165) is 50.1 Å². The van der Waals surface area contributed by atoms with Gasteiger partial charge in [-0.3, -0.25) is 0 Å². The maximum atomic E-state index is 6.76. The van der Waals surface area contributed by atoms with E-state index in [1.165, 1.54) is 66.8 Å². The van der Waals surface area contributed by atoms with Gasteiger partial charge < -0.3 is 9.32 Å². The molecule has 312 valence electrons. The average molecular weight is 844 g/mol. The summed E-state index contributed by atoms with van der Waals surface area (Å²) in [7, 11) is 0. The van der Waals surface area contributed by atoms with Crippen LogP contribution in [0.25, 0.3) is 66.4 Å². The molecule has 0 saturated carbocycles. The minimum Gasteiger partial charge on any atom is -0.456 e. The molecule has 0 bridgehead atoms. The first-order valence-electron chi connectivity index (χ1n) is 23.0. The maximum absolute atomic E-state index is 6.76. The number of hydrogen-bond acceptors (Lipinski definition) is 2. The highest BCUT2D eigenvalue weighted by Gasteiger charge is 2.46. The molecule has 0 amide bonds. The SMILES string of the molecule is CC1(C)c2ccccc2-c2ccc(N(c3cccc(-c4ccccc4)c3)c3cccc(-c4ccc5c(c4)oc4ccc(C6(c7ccccc7)c7ccccc7-c7ccccc76)cc45)c3)cc21. The van der Waals surface area contributed by atoms with Crippen molar-refractivity contribution in [1.29, 1.82) is 0 Å². The Kier molecular flexibility index (Phi) is 8.51. The summed E-state index contributed by atoms with van der Waals surface area (Å²) in [6.07, 6.45) is 0. The molecule has 0 saturated heterocycles. The number of hydrogen-bond donors (Lipinski definition) is 0. The van der Waals surface area contributed by atoms with E-state index in [9.17, 15) is 0 Å². The minimum absolute atomic E-state index is 0.127. The standard InChI is InChI=1S/C64H45NO/c1-63(2)57-28-12-9-25-51(57)54-35-33-50(41-60(54)63)65(48-23-15-19-43(37-48)42-17-5-3-6-18-42)49-24-16-20-44(38-49)45-31-34-55-56-40-47(32-36-61(56)66-62(55)39-45)64(46-21-7-4-8-22-46)58-29-13-10-26-52(58)53-27-11-14-30-59(53)64/h3-41H,1-2H3. The van der Waals surface area contributed by atoms with E-state index >= 15 is 0 Å². The first kappa shape index (κ1) is 38.3. The van der Waals surface area contributed by atoms with Gasteiger partial charge in [0.25, 0.3) is 0 Å². The van der Waals surface area contributed by atoms with Crippen LogP contribution >= 0.6 is 0 Å². The largest absolute Gasteiger partial charge is 0.456 e. The molecule has 2 aliphatic carbocycles. The van der Waals surface area contributed by atoms with E-state index in [-0.39, 0.29) is 5.41 Å². The fourth-order valence-corrected chi connectivity index (χ4v) is 11.5. The fraction of sp³-hybridized carbons (Fsp3) is 0.0625. The summed E-state index contributed by atoms with van der Waals surface area (Å²) in [6, 6.07) is 86.8. The second-order valence-corrected chi connectivity index (χ2v) is 18.4. The van der Waals surface area contributed by atoms with Crippen LogP contribution in [0.3, 0.4) is 0 Å². The third kappa shape index (κ3) is 5.68. The average Bonchev–Trinajstić information content (AvgIpc) is 3.98. The van der Waals surface area contributed by atoms with Crippen LogP contribution in [0.5, 0.6) is 0 Å². The van der Waals surface area contributed by atoms with E-state index in [0.29, 0.717) is 0 Å². The molecule has 0 aliphatic heterocycles. The van der Waals surface area contributed by atoms with Gasteiger partial charge in [0, 0.05) is 33.2 Å². The van der Waals surface area contributed by atoms with Gasteiger partial charge in [0.2, 0.25) is 0 Å². The Morgan fingerprint density at radius 2 is 0.848 bits per heavy atom. The van der Waals surface area contributed by atoms with Crippen molar-refractivity contribution in [3.8, 4) is 44.5 Å². The lowest BCUT2D eigenvalue weighted by Crippen LogP contribution is -2.28. The fourth-order valence-electron chi connectivity index (χ4n) is 11.5. The normalized spacial score (nSPS) is 13.8.